The van der Waals surface area contributed by atoms with E-state index in [0.29, 0.717) is 0 Å². The van der Waals surface area contributed by atoms with Crippen molar-refractivity contribution in [3.63, 3.8) is 0 Å². The van der Waals surface area contributed by atoms with Crippen molar-refractivity contribution in [2.75, 3.05) is 24.6 Å². The molecule has 2 aliphatic rings. The van der Waals surface area contributed by atoms with E-state index in [9.17, 15) is 0 Å². The van der Waals surface area contributed by atoms with E-state index in [1.54, 1.807) is 0 Å². The van der Waals surface area contributed by atoms with Crippen LogP contribution in [-0.4, -0.2) is 24.7 Å². The molecule has 3 rings (SSSR count). The average Bonchev–Trinajstić information content (AvgIpc) is 2.83. The number of nitrogens with zero attached hydrogens (tertiary/aromatic N) is 2. The van der Waals surface area contributed by atoms with Crippen molar-refractivity contribution in [3.05, 3.63) is 16.7 Å². The number of pyridine rings is 1. The van der Waals surface area contributed by atoms with E-state index in [2.05, 4.69) is 25.8 Å². The van der Waals surface area contributed by atoms with E-state index >= 15 is 0 Å². The molecule has 0 aromatic carbocycles. The number of hydrogen-bond acceptors (Lipinski definition) is 3. The quantitative estimate of drug-likeness (QED) is 0.784. The van der Waals surface area contributed by atoms with Gasteiger partial charge in [-0.15, -0.1) is 0 Å². The Morgan fingerprint density at radius 3 is 3.00 bits per heavy atom. The molecule has 0 unspecified atom stereocenters. The lowest BCUT2D eigenvalue weighted by Crippen LogP contribution is -2.36. The summed E-state index contributed by atoms with van der Waals surface area (Å²) in [6.07, 6.45) is 5.54. The Morgan fingerprint density at radius 2 is 2.18 bits per heavy atom. The third-order valence-corrected chi connectivity index (χ3v) is 4.12. The van der Waals surface area contributed by atoms with Gasteiger partial charge < -0.3 is 9.64 Å². The maximum Gasteiger partial charge on any atom is 0.172 e. The molecule has 0 saturated heterocycles. The van der Waals surface area contributed by atoms with E-state index in [0.717, 1.165) is 41.8 Å². The minimum Gasteiger partial charge on any atom is -0.488 e. The van der Waals surface area contributed by atoms with Gasteiger partial charge >= 0.3 is 0 Å². The number of fused-ring (bicyclic) bond motifs is 1. The zero-order valence-corrected chi connectivity index (χ0v) is 11.4. The molecule has 0 N–H and O–H groups in total. The van der Waals surface area contributed by atoms with Gasteiger partial charge in [0.25, 0.3) is 0 Å². The fourth-order valence-corrected chi connectivity index (χ4v) is 3.11. The van der Waals surface area contributed by atoms with Crippen molar-refractivity contribution in [2.45, 2.75) is 25.7 Å². The van der Waals surface area contributed by atoms with Crippen LogP contribution < -0.4 is 9.64 Å². The van der Waals surface area contributed by atoms with Crippen LogP contribution in [0.4, 0.5) is 5.82 Å². The van der Waals surface area contributed by atoms with Gasteiger partial charge in [-0.25, -0.2) is 4.98 Å². The van der Waals surface area contributed by atoms with E-state index in [1.165, 1.54) is 25.7 Å². The Balaban J connectivity index is 1.80. The molecule has 92 valence electrons. The van der Waals surface area contributed by atoms with Crippen molar-refractivity contribution in [3.8, 4) is 5.75 Å². The molecule has 1 saturated carbocycles. The van der Waals surface area contributed by atoms with Crippen LogP contribution in [0.1, 0.15) is 25.7 Å². The molecule has 0 atom stereocenters. The van der Waals surface area contributed by atoms with E-state index in [-0.39, 0.29) is 0 Å². The highest BCUT2D eigenvalue weighted by Gasteiger charge is 2.24. The lowest BCUT2D eigenvalue weighted by atomic mass is 10.1. The normalized spacial score (nSPS) is 20.2. The Bertz CT molecular complexity index is 404. The summed E-state index contributed by atoms with van der Waals surface area (Å²) in [6, 6.07) is 3.95. The minimum absolute atomic E-state index is 0.781. The van der Waals surface area contributed by atoms with Crippen molar-refractivity contribution in [1.29, 1.82) is 0 Å². The smallest absolute Gasteiger partial charge is 0.172 e. The molecule has 2 heterocycles. The number of hydrogen-bond donors (Lipinski definition) is 0. The third-order valence-electron chi connectivity index (χ3n) is 3.68. The molecule has 0 radical (unpaired) electrons. The second kappa shape index (κ2) is 4.84. The molecule has 4 heteroatoms. The lowest BCUT2D eigenvalue weighted by Gasteiger charge is -2.32. The highest BCUT2D eigenvalue weighted by molar-refractivity contribution is 9.10. The van der Waals surface area contributed by atoms with Gasteiger partial charge in [0.15, 0.2) is 11.6 Å². The standard InChI is InChI=1S/C13H17BrN2O/c14-12-6-5-11-13(15-12)16(7-8-17-11)9-10-3-1-2-4-10/h5-6,10H,1-4,7-9H2. The first-order chi connectivity index (χ1) is 8.33. The van der Waals surface area contributed by atoms with Crippen molar-refractivity contribution < 1.29 is 4.74 Å². The molecule has 1 fully saturated rings. The number of anilines is 1. The van der Waals surface area contributed by atoms with Gasteiger partial charge in [-0.2, -0.15) is 0 Å². The van der Waals surface area contributed by atoms with Crippen LogP contribution in [-0.2, 0) is 0 Å². The van der Waals surface area contributed by atoms with Gasteiger partial charge in [0.2, 0.25) is 0 Å². The molecule has 1 aromatic rings. The third kappa shape index (κ3) is 2.41. The zero-order valence-electron chi connectivity index (χ0n) is 9.86. The van der Waals surface area contributed by atoms with Gasteiger partial charge in [0.05, 0.1) is 6.54 Å². The zero-order chi connectivity index (χ0) is 11.7. The predicted octanol–water partition coefficient (Wildman–Crippen LogP) is 3.23. The number of rotatable bonds is 2. The first-order valence-electron chi connectivity index (χ1n) is 6.37. The molecular formula is C13H17BrN2O. The number of ether oxygens (including phenoxy) is 1. The lowest BCUT2D eigenvalue weighted by molar-refractivity contribution is 0.300. The topological polar surface area (TPSA) is 25.4 Å². The summed E-state index contributed by atoms with van der Waals surface area (Å²) in [6.45, 7) is 2.88. The summed E-state index contributed by atoms with van der Waals surface area (Å²) in [7, 11) is 0. The molecule has 1 aliphatic heterocycles. The molecule has 0 amide bonds. The highest BCUT2D eigenvalue weighted by atomic mass is 79.9. The van der Waals surface area contributed by atoms with E-state index in [4.69, 9.17) is 4.74 Å². The molecule has 0 bridgehead atoms. The number of aromatic nitrogens is 1. The van der Waals surface area contributed by atoms with Crippen LogP contribution >= 0.6 is 15.9 Å². The number of halogens is 1. The average molecular weight is 297 g/mol. The van der Waals surface area contributed by atoms with Crippen molar-refractivity contribution in [2.24, 2.45) is 5.92 Å². The Morgan fingerprint density at radius 1 is 1.35 bits per heavy atom. The maximum atomic E-state index is 5.65. The Labute approximate surface area is 110 Å². The second-order valence-corrected chi connectivity index (χ2v) is 5.71. The first-order valence-corrected chi connectivity index (χ1v) is 7.16. The summed E-state index contributed by atoms with van der Waals surface area (Å²) in [5, 5.41) is 0. The van der Waals surface area contributed by atoms with Gasteiger partial charge in [-0.3, -0.25) is 0 Å². The van der Waals surface area contributed by atoms with Crippen LogP contribution in [0.5, 0.6) is 5.75 Å². The molecule has 1 aromatic heterocycles. The van der Waals surface area contributed by atoms with Crippen LogP contribution in [0, 0.1) is 5.92 Å². The van der Waals surface area contributed by atoms with E-state index < -0.39 is 0 Å². The molecule has 3 nitrogen and oxygen atoms in total. The minimum atomic E-state index is 0.781. The first kappa shape index (κ1) is 11.3. The van der Waals surface area contributed by atoms with Crippen LogP contribution in [0.3, 0.4) is 0 Å². The Kier molecular flexibility index (Phi) is 3.23. The molecule has 0 spiro atoms. The largest absolute Gasteiger partial charge is 0.488 e. The monoisotopic (exact) mass is 296 g/mol. The fourth-order valence-electron chi connectivity index (χ4n) is 2.81. The summed E-state index contributed by atoms with van der Waals surface area (Å²) in [4.78, 5) is 6.94. The molecule has 1 aliphatic carbocycles. The van der Waals surface area contributed by atoms with Gasteiger partial charge in [0, 0.05) is 6.54 Å². The van der Waals surface area contributed by atoms with E-state index in [1.807, 2.05) is 12.1 Å². The van der Waals surface area contributed by atoms with Crippen molar-refractivity contribution >= 4 is 21.7 Å². The van der Waals surface area contributed by atoms with Gasteiger partial charge in [-0.05, 0) is 46.8 Å². The summed E-state index contributed by atoms with van der Waals surface area (Å²) in [5.74, 6) is 2.79. The van der Waals surface area contributed by atoms with Crippen LogP contribution in [0.2, 0.25) is 0 Å². The summed E-state index contributed by atoms with van der Waals surface area (Å²) >= 11 is 3.44. The fraction of sp³-hybridized carbons (Fsp3) is 0.615. The van der Waals surface area contributed by atoms with Crippen LogP contribution in [0.15, 0.2) is 16.7 Å². The maximum absolute atomic E-state index is 5.65. The van der Waals surface area contributed by atoms with Gasteiger partial charge in [-0.1, -0.05) is 12.8 Å². The second-order valence-electron chi connectivity index (χ2n) is 4.90. The summed E-state index contributed by atoms with van der Waals surface area (Å²) < 4.78 is 6.54. The molecule has 17 heavy (non-hydrogen) atoms. The summed E-state index contributed by atoms with van der Waals surface area (Å²) in [5.41, 5.74) is 0. The highest BCUT2D eigenvalue weighted by Crippen LogP contribution is 2.33. The predicted molar refractivity (Wildman–Crippen MR) is 71.6 cm³/mol. The van der Waals surface area contributed by atoms with Crippen molar-refractivity contribution in [1.82, 2.24) is 4.98 Å². The van der Waals surface area contributed by atoms with Gasteiger partial charge in [0.1, 0.15) is 11.2 Å². The Hall–Kier alpha value is -0.770. The SMILES string of the molecule is Brc1ccc2c(n1)N(CC1CCCC1)CCO2. The van der Waals surface area contributed by atoms with Crippen LogP contribution in [0.25, 0.3) is 0 Å². The molecular weight excluding hydrogens is 280 g/mol.